The summed E-state index contributed by atoms with van der Waals surface area (Å²) in [5.41, 5.74) is 0. The molecular formula is C11H15NO3. The van der Waals surface area contributed by atoms with Crippen molar-refractivity contribution in [3.05, 3.63) is 0 Å². The molecule has 0 bridgehead atoms. The van der Waals surface area contributed by atoms with E-state index in [2.05, 4.69) is 0 Å². The smallest absolute Gasteiger partial charge is 0.324 e. The van der Waals surface area contributed by atoms with Crippen molar-refractivity contribution in [2.75, 3.05) is 6.61 Å². The van der Waals surface area contributed by atoms with E-state index in [-0.39, 0.29) is 12.4 Å². The molecule has 0 saturated heterocycles. The van der Waals surface area contributed by atoms with E-state index in [9.17, 15) is 9.59 Å². The Bertz CT molecular complexity index is 293. The van der Waals surface area contributed by atoms with Crippen molar-refractivity contribution >= 4 is 11.8 Å². The Balaban J connectivity index is 2.69. The number of hydrogen-bond acceptors (Lipinski definition) is 4. The molecule has 0 aromatic heterocycles. The van der Waals surface area contributed by atoms with Crippen LogP contribution in [0.15, 0.2) is 0 Å². The molecule has 0 amide bonds. The fourth-order valence-electron chi connectivity index (χ4n) is 1.90. The van der Waals surface area contributed by atoms with Crippen molar-refractivity contribution in [3.63, 3.8) is 0 Å². The second-order valence-electron chi connectivity index (χ2n) is 3.68. The third-order valence-electron chi connectivity index (χ3n) is 2.68. The first kappa shape index (κ1) is 11.7. The van der Waals surface area contributed by atoms with Gasteiger partial charge in [-0.1, -0.05) is 6.42 Å². The predicted octanol–water partition coefficient (Wildman–Crippen LogP) is 1.45. The van der Waals surface area contributed by atoms with Crippen LogP contribution in [0.5, 0.6) is 0 Å². The number of Topliss-reactive ketones (excluding diaryl/α,β-unsaturated/α-hetero) is 1. The Morgan fingerprint density at radius 1 is 1.67 bits per heavy atom. The molecule has 0 unspecified atom stereocenters. The van der Waals surface area contributed by atoms with Crippen LogP contribution in [0, 0.1) is 23.2 Å². The molecule has 0 heterocycles. The highest BCUT2D eigenvalue weighted by Crippen LogP contribution is 2.27. The highest BCUT2D eigenvalue weighted by molar-refractivity contribution is 5.88. The highest BCUT2D eigenvalue weighted by Gasteiger charge is 2.35. The van der Waals surface area contributed by atoms with E-state index < -0.39 is 17.8 Å². The summed E-state index contributed by atoms with van der Waals surface area (Å²) in [6.07, 6.45) is 2.91. The Hall–Kier alpha value is -1.37. The standard InChI is InChI=1S/C11H15NO3/c1-2-15-11(14)9(7-12)8-5-3-4-6-10(8)13/h8-9H,2-6H2,1H3/t8-,9+/m0/s1. The average Bonchev–Trinajstić information content (AvgIpc) is 2.22. The minimum absolute atomic E-state index is 0.0286. The zero-order valence-electron chi connectivity index (χ0n) is 8.86. The predicted molar refractivity (Wildman–Crippen MR) is 52.7 cm³/mol. The molecule has 2 atom stereocenters. The quantitative estimate of drug-likeness (QED) is 0.660. The summed E-state index contributed by atoms with van der Waals surface area (Å²) in [6, 6.07) is 1.89. The molecule has 0 N–H and O–H groups in total. The Morgan fingerprint density at radius 2 is 2.40 bits per heavy atom. The van der Waals surface area contributed by atoms with Crippen molar-refractivity contribution in [1.29, 1.82) is 5.26 Å². The van der Waals surface area contributed by atoms with E-state index in [0.717, 1.165) is 12.8 Å². The summed E-state index contributed by atoms with van der Waals surface area (Å²) in [6.45, 7) is 1.94. The number of nitriles is 1. The topological polar surface area (TPSA) is 67.2 Å². The first-order chi connectivity index (χ1) is 7.20. The lowest BCUT2D eigenvalue weighted by Gasteiger charge is -2.23. The van der Waals surface area contributed by atoms with Crippen molar-refractivity contribution < 1.29 is 14.3 Å². The van der Waals surface area contributed by atoms with Gasteiger partial charge in [-0.3, -0.25) is 9.59 Å². The fourth-order valence-corrected chi connectivity index (χ4v) is 1.90. The minimum Gasteiger partial charge on any atom is -0.465 e. The van der Waals surface area contributed by atoms with Gasteiger partial charge >= 0.3 is 5.97 Å². The van der Waals surface area contributed by atoms with Crippen molar-refractivity contribution in [3.8, 4) is 6.07 Å². The number of hydrogen-bond donors (Lipinski definition) is 0. The van der Waals surface area contributed by atoms with Crippen LogP contribution in [-0.2, 0) is 14.3 Å². The van der Waals surface area contributed by atoms with Crippen LogP contribution >= 0.6 is 0 Å². The number of ether oxygens (including phenoxy) is 1. The van der Waals surface area contributed by atoms with Crippen molar-refractivity contribution in [2.45, 2.75) is 32.6 Å². The first-order valence-electron chi connectivity index (χ1n) is 5.29. The summed E-state index contributed by atoms with van der Waals surface area (Å²) in [4.78, 5) is 23.0. The number of rotatable bonds is 3. The summed E-state index contributed by atoms with van der Waals surface area (Å²) in [5.74, 6) is -1.87. The second kappa shape index (κ2) is 5.50. The number of carbonyl (C=O) groups excluding carboxylic acids is 2. The fraction of sp³-hybridized carbons (Fsp3) is 0.727. The highest BCUT2D eigenvalue weighted by atomic mass is 16.5. The number of carbonyl (C=O) groups is 2. The van der Waals surface area contributed by atoms with Gasteiger partial charge in [0.15, 0.2) is 5.92 Å². The van der Waals surface area contributed by atoms with Crippen LogP contribution < -0.4 is 0 Å². The molecule has 0 aromatic rings. The second-order valence-corrected chi connectivity index (χ2v) is 3.68. The van der Waals surface area contributed by atoms with Crippen LogP contribution in [0.2, 0.25) is 0 Å². The molecule has 0 aromatic carbocycles. The van der Waals surface area contributed by atoms with E-state index in [1.807, 2.05) is 6.07 Å². The summed E-state index contributed by atoms with van der Waals surface area (Å²) in [7, 11) is 0. The third kappa shape index (κ3) is 2.79. The third-order valence-corrected chi connectivity index (χ3v) is 2.68. The van der Waals surface area contributed by atoms with E-state index in [1.165, 1.54) is 0 Å². The van der Waals surface area contributed by atoms with Crippen molar-refractivity contribution in [1.82, 2.24) is 0 Å². The van der Waals surface area contributed by atoms with Gasteiger partial charge in [0.2, 0.25) is 0 Å². The van der Waals surface area contributed by atoms with Crippen molar-refractivity contribution in [2.24, 2.45) is 11.8 Å². The number of nitrogens with zero attached hydrogens (tertiary/aromatic N) is 1. The molecule has 1 saturated carbocycles. The molecule has 0 spiro atoms. The van der Waals surface area contributed by atoms with E-state index in [4.69, 9.17) is 10.00 Å². The van der Waals surface area contributed by atoms with Gasteiger partial charge in [-0.25, -0.2) is 0 Å². The maximum absolute atomic E-state index is 11.5. The molecule has 0 radical (unpaired) electrons. The van der Waals surface area contributed by atoms with Crippen LogP contribution in [-0.4, -0.2) is 18.4 Å². The van der Waals surface area contributed by atoms with E-state index in [1.54, 1.807) is 6.92 Å². The molecule has 15 heavy (non-hydrogen) atoms. The SMILES string of the molecule is CCOC(=O)[C@H](C#N)[C@@H]1CCCCC1=O. The monoisotopic (exact) mass is 209 g/mol. The summed E-state index contributed by atoms with van der Waals surface area (Å²) >= 11 is 0. The zero-order chi connectivity index (χ0) is 11.3. The maximum Gasteiger partial charge on any atom is 0.324 e. The van der Waals surface area contributed by atoms with Crippen LogP contribution in [0.3, 0.4) is 0 Å². The van der Waals surface area contributed by atoms with Gasteiger partial charge in [0.1, 0.15) is 5.78 Å². The number of esters is 1. The Labute approximate surface area is 89.2 Å². The van der Waals surface area contributed by atoms with Gasteiger partial charge in [-0.05, 0) is 19.8 Å². The maximum atomic E-state index is 11.5. The van der Waals surface area contributed by atoms with Crippen LogP contribution in [0.4, 0.5) is 0 Å². The Morgan fingerprint density at radius 3 is 2.93 bits per heavy atom. The van der Waals surface area contributed by atoms with E-state index in [0.29, 0.717) is 12.8 Å². The lowest BCUT2D eigenvalue weighted by atomic mass is 9.79. The zero-order valence-corrected chi connectivity index (χ0v) is 8.86. The molecule has 1 aliphatic rings. The van der Waals surface area contributed by atoms with Gasteiger partial charge in [-0.2, -0.15) is 5.26 Å². The molecule has 4 nitrogen and oxygen atoms in total. The minimum atomic E-state index is -0.905. The van der Waals surface area contributed by atoms with Gasteiger partial charge in [0.05, 0.1) is 12.7 Å². The lowest BCUT2D eigenvalue weighted by Crippen LogP contribution is -2.32. The van der Waals surface area contributed by atoms with Crippen LogP contribution in [0.1, 0.15) is 32.6 Å². The summed E-state index contributed by atoms with van der Waals surface area (Å²) < 4.78 is 4.78. The molecule has 1 fully saturated rings. The molecule has 0 aliphatic heterocycles. The molecule has 1 aliphatic carbocycles. The van der Waals surface area contributed by atoms with Gasteiger partial charge in [-0.15, -0.1) is 0 Å². The van der Waals surface area contributed by atoms with Gasteiger partial charge in [0, 0.05) is 12.3 Å². The van der Waals surface area contributed by atoms with E-state index >= 15 is 0 Å². The Kier molecular flexibility index (Phi) is 4.29. The molecular weight excluding hydrogens is 194 g/mol. The summed E-state index contributed by atoms with van der Waals surface area (Å²) in [5, 5.41) is 8.89. The first-order valence-corrected chi connectivity index (χ1v) is 5.29. The lowest BCUT2D eigenvalue weighted by molar-refractivity contribution is -0.150. The molecule has 1 rings (SSSR count). The van der Waals surface area contributed by atoms with Crippen LogP contribution in [0.25, 0.3) is 0 Å². The van der Waals surface area contributed by atoms with Gasteiger partial charge < -0.3 is 4.74 Å². The molecule has 4 heteroatoms. The largest absolute Gasteiger partial charge is 0.465 e. The number of ketones is 1. The molecule has 82 valence electrons. The van der Waals surface area contributed by atoms with Gasteiger partial charge in [0.25, 0.3) is 0 Å². The average molecular weight is 209 g/mol. The normalized spacial score (nSPS) is 22.9.